The summed E-state index contributed by atoms with van der Waals surface area (Å²) in [5, 5.41) is 10.2. The van der Waals surface area contributed by atoms with Gasteiger partial charge in [-0.15, -0.1) is 0 Å². The molecule has 20 heavy (non-hydrogen) atoms. The normalized spacial score (nSPS) is 11.9. The van der Waals surface area contributed by atoms with Crippen LogP contribution in [0.5, 0.6) is 11.5 Å². The summed E-state index contributed by atoms with van der Waals surface area (Å²) in [5.74, 6) is 1.25. The van der Waals surface area contributed by atoms with Crippen LogP contribution in [0.2, 0.25) is 5.02 Å². The predicted molar refractivity (Wildman–Crippen MR) is 79.8 cm³/mol. The van der Waals surface area contributed by atoms with E-state index < -0.39 is 0 Å². The van der Waals surface area contributed by atoms with Crippen molar-refractivity contribution in [3.8, 4) is 11.5 Å². The SMILES string of the molecule is COc1ccccc1OCC(CO)c1ccc(Cl)cc1. The number of aliphatic hydroxyl groups is 1. The first kappa shape index (κ1) is 14.7. The monoisotopic (exact) mass is 292 g/mol. The number of rotatable bonds is 6. The Kier molecular flexibility index (Phi) is 5.27. The quantitative estimate of drug-likeness (QED) is 0.885. The molecule has 0 amide bonds. The number of hydrogen-bond donors (Lipinski definition) is 1. The lowest BCUT2D eigenvalue weighted by Gasteiger charge is -2.17. The summed E-state index contributed by atoms with van der Waals surface area (Å²) < 4.78 is 11.0. The van der Waals surface area contributed by atoms with Gasteiger partial charge in [-0.2, -0.15) is 0 Å². The van der Waals surface area contributed by atoms with Gasteiger partial charge in [0.25, 0.3) is 0 Å². The van der Waals surface area contributed by atoms with E-state index in [2.05, 4.69) is 0 Å². The van der Waals surface area contributed by atoms with E-state index in [1.165, 1.54) is 0 Å². The van der Waals surface area contributed by atoms with Crippen molar-refractivity contribution >= 4 is 11.6 Å². The van der Waals surface area contributed by atoms with E-state index >= 15 is 0 Å². The molecule has 0 aromatic heterocycles. The number of ether oxygens (including phenoxy) is 2. The summed E-state index contributed by atoms with van der Waals surface area (Å²) in [4.78, 5) is 0. The molecule has 1 atom stereocenters. The Labute approximate surface area is 123 Å². The Morgan fingerprint density at radius 2 is 1.70 bits per heavy atom. The molecule has 0 saturated carbocycles. The van der Waals surface area contributed by atoms with Crippen LogP contribution < -0.4 is 9.47 Å². The molecule has 3 nitrogen and oxygen atoms in total. The lowest BCUT2D eigenvalue weighted by molar-refractivity contribution is 0.201. The van der Waals surface area contributed by atoms with Gasteiger partial charge in [0.2, 0.25) is 0 Å². The summed E-state index contributed by atoms with van der Waals surface area (Å²) in [5.41, 5.74) is 0.992. The summed E-state index contributed by atoms with van der Waals surface area (Å²) in [6.45, 7) is 0.384. The van der Waals surface area contributed by atoms with Crippen molar-refractivity contribution in [1.82, 2.24) is 0 Å². The zero-order valence-electron chi connectivity index (χ0n) is 11.3. The summed E-state index contributed by atoms with van der Waals surface area (Å²) in [6, 6.07) is 14.9. The molecule has 2 aromatic rings. The lowest BCUT2D eigenvalue weighted by atomic mass is 10.0. The molecule has 0 aliphatic rings. The Hall–Kier alpha value is -1.71. The van der Waals surface area contributed by atoms with E-state index in [1.54, 1.807) is 7.11 Å². The van der Waals surface area contributed by atoms with Gasteiger partial charge < -0.3 is 14.6 Å². The summed E-state index contributed by atoms with van der Waals surface area (Å²) in [7, 11) is 1.60. The Morgan fingerprint density at radius 1 is 1.05 bits per heavy atom. The van der Waals surface area contributed by atoms with Gasteiger partial charge in [0.15, 0.2) is 11.5 Å². The lowest BCUT2D eigenvalue weighted by Crippen LogP contribution is -2.14. The van der Waals surface area contributed by atoms with Crippen LogP contribution in [0.15, 0.2) is 48.5 Å². The number of methoxy groups -OCH3 is 1. The Balaban J connectivity index is 2.05. The Morgan fingerprint density at radius 3 is 2.30 bits per heavy atom. The van der Waals surface area contributed by atoms with E-state index in [9.17, 15) is 5.11 Å². The second-order valence-electron chi connectivity index (χ2n) is 4.39. The maximum absolute atomic E-state index is 9.51. The first-order valence-corrected chi connectivity index (χ1v) is 6.74. The fraction of sp³-hybridized carbons (Fsp3) is 0.250. The average molecular weight is 293 g/mol. The maximum atomic E-state index is 9.51. The summed E-state index contributed by atoms with van der Waals surface area (Å²) in [6.07, 6.45) is 0. The largest absolute Gasteiger partial charge is 0.493 e. The molecule has 0 spiro atoms. The van der Waals surface area contributed by atoms with E-state index in [0.717, 1.165) is 5.56 Å². The fourth-order valence-corrected chi connectivity index (χ4v) is 2.04. The molecule has 0 heterocycles. The molecule has 1 N–H and O–H groups in total. The molecular formula is C16H17ClO3. The van der Waals surface area contributed by atoms with Crippen LogP contribution in [0.25, 0.3) is 0 Å². The molecule has 0 saturated heterocycles. The van der Waals surface area contributed by atoms with E-state index in [-0.39, 0.29) is 12.5 Å². The van der Waals surface area contributed by atoms with Gasteiger partial charge in [-0.25, -0.2) is 0 Å². The van der Waals surface area contributed by atoms with E-state index in [0.29, 0.717) is 23.1 Å². The van der Waals surface area contributed by atoms with E-state index in [4.69, 9.17) is 21.1 Å². The highest BCUT2D eigenvalue weighted by Gasteiger charge is 2.13. The van der Waals surface area contributed by atoms with E-state index in [1.807, 2.05) is 48.5 Å². The topological polar surface area (TPSA) is 38.7 Å². The number of benzene rings is 2. The first-order valence-electron chi connectivity index (χ1n) is 6.36. The number of halogens is 1. The average Bonchev–Trinajstić information content (AvgIpc) is 2.50. The molecule has 0 fully saturated rings. The van der Waals surface area contributed by atoms with Crippen molar-refractivity contribution in [2.24, 2.45) is 0 Å². The van der Waals surface area contributed by atoms with Crippen LogP contribution in [0, 0.1) is 0 Å². The molecule has 1 unspecified atom stereocenters. The Bertz CT molecular complexity index is 540. The molecule has 0 aliphatic carbocycles. The van der Waals surface area contributed by atoms with Gasteiger partial charge in [-0.05, 0) is 29.8 Å². The van der Waals surface area contributed by atoms with Crippen molar-refractivity contribution in [2.45, 2.75) is 5.92 Å². The third-order valence-electron chi connectivity index (χ3n) is 3.07. The molecule has 0 aliphatic heterocycles. The van der Waals surface area contributed by atoms with Gasteiger partial charge in [-0.3, -0.25) is 0 Å². The van der Waals surface area contributed by atoms with Gasteiger partial charge in [0, 0.05) is 10.9 Å². The molecule has 2 rings (SSSR count). The third kappa shape index (κ3) is 3.65. The van der Waals surface area contributed by atoms with Crippen LogP contribution in [0.3, 0.4) is 0 Å². The highest BCUT2D eigenvalue weighted by molar-refractivity contribution is 6.30. The highest BCUT2D eigenvalue weighted by Crippen LogP contribution is 2.27. The fourth-order valence-electron chi connectivity index (χ4n) is 1.92. The third-order valence-corrected chi connectivity index (χ3v) is 3.32. The molecular weight excluding hydrogens is 276 g/mol. The van der Waals surface area contributed by atoms with Crippen LogP contribution in [-0.4, -0.2) is 25.4 Å². The second-order valence-corrected chi connectivity index (χ2v) is 4.83. The zero-order chi connectivity index (χ0) is 14.4. The first-order chi connectivity index (χ1) is 9.74. The highest BCUT2D eigenvalue weighted by atomic mass is 35.5. The van der Waals surface area contributed by atoms with Crippen molar-refractivity contribution in [2.75, 3.05) is 20.3 Å². The standard InChI is InChI=1S/C16H17ClO3/c1-19-15-4-2-3-5-16(15)20-11-13(10-18)12-6-8-14(17)9-7-12/h2-9,13,18H,10-11H2,1H3. The molecule has 106 valence electrons. The predicted octanol–water partition coefficient (Wildman–Crippen LogP) is 3.50. The minimum atomic E-state index is -0.0998. The van der Waals surface area contributed by atoms with Crippen molar-refractivity contribution < 1.29 is 14.6 Å². The molecule has 4 heteroatoms. The minimum absolute atomic E-state index is 0.0107. The van der Waals surface area contributed by atoms with Gasteiger partial charge >= 0.3 is 0 Å². The maximum Gasteiger partial charge on any atom is 0.161 e. The zero-order valence-corrected chi connectivity index (χ0v) is 12.0. The molecule has 0 radical (unpaired) electrons. The number of aliphatic hydroxyl groups excluding tert-OH is 1. The van der Waals surface area contributed by atoms with Crippen LogP contribution in [0.1, 0.15) is 11.5 Å². The smallest absolute Gasteiger partial charge is 0.161 e. The molecule has 0 bridgehead atoms. The van der Waals surface area contributed by atoms with Crippen LogP contribution in [-0.2, 0) is 0 Å². The molecule has 2 aromatic carbocycles. The summed E-state index contributed by atoms with van der Waals surface area (Å²) >= 11 is 5.86. The number of para-hydroxylation sites is 2. The van der Waals surface area contributed by atoms with Gasteiger partial charge in [-0.1, -0.05) is 35.9 Å². The van der Waals surface area contributed by atoms with Crippen molar-refractivity contribution in [1.29, 1.82) is 0 Å². The van der Waals surface area contributed by atoms with Crippen molar-refractivity contribution in [3.63, 3.8) is 0 Å². The van der Waals surface area contributed by atoms with Gasteiger partial charge in [0.05, 0.1) is 20.3 Å². The second kappa shape index (κ2) is 7.17. The van der Waals surface area contributed by atoms with Crippen LogP contribution in [0.4, 0.5) is 0 Å². The number of hydrogen-bond acceptors (Lipinski definition) is 3. The van der Waals surface area contributed by atoms with Gasteiger partial charge in [0.1, 0.15) is 0 Å². The van der Waals surface area contributed by atoms with Crippen LogP contribution >= 0.6 is 11.6 Å². The minimum Gasteiger partial charge on any atom is -0.493 e. The van der Waals surface area contributed by atoms with Crippen molar-refractivity contribution in [3.05, 3.63) is 59.1 Å².